The Morgan fingerprint density at radius 3 is 2.61 bits per heavy atom. The van der Waals surface area contributed by atoms with Crippen LogP contribution >= 0.6 is 0 Å². The third-order valence-corrected chi connectivity index (χ3v) is 4.18. The lowest BCUT2D eigenvalue weighted by Gasteiger charge is -2.33. The molecule has 2 rings (SSSR count). The predicted molar refractivity (Wildman–Crippen MR) is 70.4 cm³/mol. The standard InChI is InChI=1S/C15H22O3/c1-10-6-5-8-14(2,3)11(10)7-9-15(4)12(18-15)13(16)17/h7,9,12H,5-6,8H2,1-4H3,(H,16,17)/b9-7+. The van der Waals surface area contributed by atoms with E-state index in [1.165, 1.54) is 24.0 Å². The number of carboxylic acids is 1. The molecule has 2 aliphatic rings. The van der Waals surface area contributed by atoms with E-state index < -0.39 is 17.7 Å². The Hall–Kier alpha value is -1.09. The van der Waals surface area contributed by atoms with Gasteiger partial charge in [-0.15, -0.1) is 0 Å². The van der Waals surface area contributed by atoms with E-state index in [0.29, 0.717) is 0 Å². The number of carbonyl (C=O) groups is 1. The molecule has 18 heavy (non-hydrogen) atoms. The Balaban J connectivity index is 2.17. The van der Waals surface area contributed by atoms with Crippen LogP contribution in [0.25, 0.3) is 0 Å². The van der Waals surface area contributed by atoms with E-state index in [0.717, 1.165) is 6.42 Å². The summed E-state index contributed by atoms with van der Waals surface area (Å²) in [6.07, 6.45) is 6.88. The maximum atomic E-state index is 10.8. The summed E-state index contributed by atoms with van der Waals surface area (Å²) in [5.74, 6) is -0.879. The molecule has 0 amide bonds. The molecule has 1 N–H and O–H groups in total. The summed E-state index contributed by atoms with van der Waals surface area (Å²) < 4.78 is 5.25. The fourth-order valence-corrected chi connectivity index (χ4v) is 2.90. The van der Waals surface area contributed by atoms with Gasteiger partial charge < -0.3 is 9.84 Å². The van der Waals surface area contributed by atoms with Crippen molar-refractivity contribution in [2.24, 2.45) is 5.41 Å². The van der Waals surface area contributed by atoms with E-state index in [1.54, 1.807) is 0 Å². The van der Waals surface area contributed by atoms with Crippen molar-refractivity contribution >= 4 is 5.97 Å². The van der Waals surface area contributed by atoms with Gasteiger partial charge in [0.2, 0.25) is 0 Å². The summed E-state index contributed by atoms with van der Waals surface area (Å²) in [6, 6.07) is 0. The monoisotopic (exact) mass is 250 g/mol. The molecule has 0 aromatic carbocycles. The fraction of sp³-hybridized carbons (Fsp3) is 0.667. The number of epoxide rings is 1. The second-order valence-electron chi connectivity index (χ2n) is 6.28. The molecule has 0 aromatic heterocycles. The van der Waals surface area contributed by atoms with Crippen LogP contribution < -0.4 is 0 Å². The van der Waals surface area contributed by atoms with Crippen molar-refractivity contribution in [1.29, 1.82) is 0 Å². The molecular formula is C15H22O3. The van der Waals surface area contributed by atoms with E-state index in [2.05, 4.69) is 26.8 Å². The largest absolute Gasteiger partial charge is 0.479 e. The summed E-state index contributed by atoms with van der Waals surface area (Å²) in [6.45, 7) is 8.50. The molecule has 1 aliphatic heterocycles. The summed E-state index contributed by atoms with van der Waals surface area (Å²) in [4.78, 5) is 10.8. The van der Waals surface area contributed by atoms with Gasteiger partial charge in [0.25, 0.3) is 0 Å². The summed E-state index contributed by atoms with van der Waals surface area (Å²) in [5, 5.41) is 8.91. The number of aliphatic carboxylic acids is 1. The van der Waals surface area contributed by atoms with E-state index in [9.17, 15) is 4.79 Å². The Morgan fingerprint density at radius 2 is 2.11 bits per heavy atom. The van der Waals surface area contributed by atoms with Crippen molar-refractivity contribution in [2.75, 3.05) is 0 Å². The van der Waals surface area contributed by atoms with Crippen molar-refractivity contribution in [3.05, 3.63) is 23.3 Å². The molecule has 2 atom stereocenters. The summed E-state index contributed by atoms with van der Waals surface area (Å²) >= 11 is 0. The average Bonchev–Trinajstić information content (AvgIpc) is 2.89. The first kappa shape index (κ1) is 13.3. The lowest BCUT2D eigenvalue weighted by Crippen LogP contribution is -2.20. The lowest BCUT2D eigenvalue weighted by molar-refractivity contribution is -0.138. The second-order valence-corrected chi connectivity index (χ2v) is 6.28. The first-order chi connectivity index (χ1) is 8.26. The number of carboxylic acid groups (broad SMARTS) is 1. The smallest absolute Gasteiger partial charge is 0.336 e. The topological polar surface area (TPSA) is 49.8 Å². The zero-order valence-corrected chi connectivity index (χ0v) is 11.6. The zero-order valence-electron chi connectivity index (χ0n) is 11.6. The van der Waals surface area contributed by atoms with Crippen LogP contribution in [0.3, 0.4) is 0 Å². The van der Waals surface area contributed by atoms with Crippen LogP contribution in [0, 0.1) is 5.41 Å². The van der Waals surface area contributed by atoms with Gasteiger partial charge in [0.05, 0.1) is 0 Å². The van der Waals surface area contributed by atoms with E-state index in [4.69, 9.17) is 9.84 Å². The van der Waals surface area contributed by atoms with Crippen LogP contribution in [0.2, 0.25) is 0 Å². The number of hydrogen-bond donors (Lipinski definition) is 1. The van der Waals surface area contributed by atoms with Crippen molar-refractivity contribution in [3.8, 4) is 0 Å². The van der Waals surface area contributed by atoms with E-state index >= 15 is 0 Å². The Labute approximate surface area is 109 Å². The molecule has 3 heteroatoms. The molecule has 2 unspecified atom stereocenters. The molecule has 3 nitrogen and oxygen atoms in total. The van der Waals surface area contributed by atoms with E-state index in [1.807, 2.05) is 13.0 Å². The first-order valence-electron chi connectivity index (χ1n) is 6.56. The molecule has 0 spiro atoms. The number of allylic oxidation sites excluding steroid dienone is 3. The molecule has 0 saturated carbocycles. The molecule has 1 heterocycles. The summed E-state index contributed by atoms with van der Waals surface area (Å²) in [7, 11) is 0. The van der Waals surface area contributed by atoms with Gasteiger partial charge in [-0.3, -0.25) is 0 Å². The third-order valence-electron chi connectivity index (χ3n) is 4.18. The fourth-order valence-electron chi connectivity index (χ4n) is 2.90. The van der Waals surface area contributed by atoms with Crippen LogP contribution in [0.4, 0.5) is 0 Å². The van der Waals surface area contributed by atoms with E-state index in [-0.39, 0.29) is 5.41 Å². The van der Waals surface area contributed by atoms with Gasteiger partial charge in [0, 0.05) is 0 Å². The Morgan fingerprint density at radius 1 is 1.44 bits per heavy atom. The third kappa shape index (κ3) is 2.37. The highest BCUT2D eigenvalue weighted by Crippen LogP contribution is 2.43. The first-order valence-corrected chi connectivity index (χ1v) is 6.56. The summed E-state index contributed by atoms with van der Waals surface area (Å²) in [5.41, 5.74) is 2.32. The molecule has 1 fully saturated rings. The maximum absolute atomic E-state index is 10.8. The van der Waals surface area contributed by atoms with Crippen LogP contribution in [-0.2, 0) is 9.53 Å². The highest BCUT2D eigenvalue weighted by molar-refractivity contribution is 5.78. The second kappa shape index (κ2) is 4.23. The van der Waals surface area contributed by atoms with Gasteiger partial charge in [-0.1, -0.05) is 25.5 Å². The van der Waals surface area contributed by atoms with Gasteiger partial charge >= 0.3 is 5.97 Å². The lowest BCUT2D eigenvalue weighted by atomic mass is 9.72. The quantitative estimate of drug-likeness (QED) is 0.782. The molecule has 1 aliphatic carbocycles. The van der Waals surface area contributed by atoms with Gasteiger partial charge in [-0.2, -0.15) is 0 Å². The number of ether oxygens (including phenoxy) is 1. The van der Waals surface area contributed by atoms with Gasteiger partial charge in [-0.25, -0.2) is 4.79 Å². The van der Waals surface area contributed by atoms with Crippen LogP contribution in [0.5, 0.6) is 0 Å². The minimum absolute atomic E-state index is 0.183. The Bertz CT molecular complexity index is 431. The van der Waals surface area contributed by atoms with Crippen molar-refractivity contribution in [1.82, 2.24) is 0 Å². The predicted octanol–water partition coefficient (Wildman–Crippen LogP) is 3.31. The van der Waals surface area contributed by atoms with Crippen molar-refractivity contribution < 1.29 is 14.6 Å². The molecular weight excluding hydrogens is 228 g/mol. The van der Waals surface area contributed by atoms with Crippen LogP contribution in [0.1, 0.15) is 47.0 Å². The molecule has 0 bridgehead atoms. The molecule has 100 valence electrons. The van der Waals surface area contributed by atoms with Gasteiger partial charge in [0.15, 0.2) is 6.10 Å². The maximum Gasteiger partial charge on any atom is 0.336 e. The molecule has 0 aromatic rings. The average molecular weight is 250 g/mol. The highest BCUT2D eigenvalue weighted by atomic mass is 16.6. The number of rotatable bonds is 3. The minimum atomic E-state index is -0.879. The van der Waals surface area contributed by atoms with Crippen molar-refractivity contribution in [2.45, 2.75) is 58.7 Å². The normalized spacial score (nSPS) is 35.0. The van der Waals surface area contributed by atoms with Gasteiger partial charge in [0.1, 0.15) is 5.60 Å². The Kier molecular flexibility index (Phi) is 3.14. The molecule has 1 saturated heterocycles. The SMILES string of the molecule is CC1=C(/C=C/C2(C)OC2C(=O)O)C(C)(C)CCC1. The zero-order chi connectivity index (χ0) is 13.6. The van der Waals surface area contributed by atoms with Crippen LogP contribution in [-0.4, -0.2) is 22.8 Å². The highest BCUT2D eigenvalue weighted by Gasteiger charge is 2.55. The molecule has 0 radical (unpaired) electrons. The number of hydrogen-bond acceptors (Lipinski definition) is 2. The minimum Gasteiger partial charge on any atom is -0.479 e. The van der Waals surface area contributed by atoms with Gasteiger partial charge in [-0.05, 0) is 50.2 Å². The van der Waals surface area contributed by atoms with Crippen molar-refractivity contribution in [3.63, 3.8) is 0 Å². The van der Waals surface area contributed by atoms with Crippen LogP contribution in [0.15, 0.2) is 23.3 Å².